The molecule has 3 aromatic carbocycles. The zero-order valence-corrected chi connectivity index (χ0v) is 43.9. The van der Waals surface area contributed by atoms with Gasteiger partial charge in [-0.2, -0.15) is 10.4 Å². The lowest BCUT2D eigenvalue weighted by Gasteiger charge is -2.35. The molecule has 75 heavy (non-hydrogen) atoms. The van der Waals surface area contributed by atoms with Crippen LogP contribution < -0.4 is 25.4 Å². The number of aromatic amines is 1. The number of thiazole rings is 1. The molecule has 0 saturated carbocycles. The zero-order valence-electron chi connectivity index (χ0n) is 42.3. The largest absolute Gasteiger partial charge is 0.484 e. The maximum Gasteiger partial charge on any atom is 0.339 e. The fourth-order valence-corrected chi connectivity index (χ4v) is 9.66. The van der Waals surface area contributed by atoms with E-state index in [-0.39, 0.29) is 78.2 Å². The van der Waals surface area contributed by atoms with E-state index in [1.54, 1.807) is 48.0 Å². The second kappa shape index (κ2) is 24.1. The number of nitrogens with one attached hydrogen (secondary N) is 5. The third-order valence-corrected chi connectivity index (χ3v) is 14.7. The molecule has 7 rings (SSSR count). The fraction of sp³-hybridized carbons (Fsp3) is 0.358. The molecular formula is C53H59FN10O9S2. The number of aryl methyl sites for hydroxylation is 1. The number of unbranched alkanes of at least 4 members (excludes halogenated alkanes) is 1. The quantitative estimate of drug-likeness (QED) is 0.0298. The number of rotatable bonds is 21. The van der Waals surface area contributed by atoms with E-state index in [0.717, 1.165) is 21.7 Å². The lowest BCUT2D eigenvalue weighted by Crippen LogP contribution is -2.57. The molecule has 1 aliphatic rings. The van der Waals surface area contributed by atoms with E-state index >= 15 is 0 Å². The molecule has 3 amide bonds. The molecule has 1 fully saturated rings. The molecule has 0 radical (unpaired) electrons. The van der Waals surface area contributed by atoms with Gasteiger partial charge in [0.2, 0.25) is 27.7 Å². The number of amides is 3. The lowest BCUT2D eigenvalue weighted by molar-refractivity contribution is -0.144. The van der Waals surface area contributed by atoms with Crippen molar-refractivity contribution in [1.29, 1.82) is 5.26 Å². The summed E-state index contributed by atoms with van der Waals surface area (Å²) in [4.78, 5) is 64.7. The molecule has 22 heteroatoms. The second-order valence-corrected chi connectivity index (χ2v) is 21.9. The Hall–Kier alpha value is -7.74. The van der Waals surface area contributed by atoms with Crippen molar-refractivity contribution in [3.63, 3.8) is 0 Å². The zero-order chi connectivity index (χ0) is 54.0. The van der Waals surface area contributed by atoms with Crippen LogP contribution in [0.4, 0.5) is 21.7 Å². The van der Waals surface area contributed by atoms with Crippen molar-refractivity contribution < 1.29 is 46.6 Å². The number of nitrogens with zero attached hydrogens (tertiary/aromatic N) is 5. The number of ether oxygens (including phenoxy) is 2. The molecule has 1 saturated heterocycles. The van der Waals surface area contributed by atoms with Crippen LogP contribution in [0.3, 0.4) is 0 Å². The Kier molecular flexibility index (Phi) is 17.7. The van der Waals surface area contributed by atoms with Crippen LogP contribution >= 0.6 is 11.3 Å². The molecule has 4 heterocycles. The van der Waals surface area contributed by atoms with Gasteiger partial charge in [-0.05, 0) is 92.1 Å². The number of halogens is 1. The van der Waals surface area contributed by atoms with Crippen LogP contribution in [-0.2, 0) is 35.7 Å². The predicted octanol–water partition coefficient (Wildman–Crippen LogP) is 7.70. The Bertz CT molecular complexity index is 3150. The number of hydrogen-bond acceptors (Lipinski definition) is 15. The molecule has 6 N–H and O–H groups in total. The van der Waals surface area contributed by atoms with Crippen molar-refractivity contribution in [2.24, 2.45) is 5.41 Å². The highest BCUT2D eigenvalue weighted by Crippen LogP contribution is 2.37. The summed E-state index contributed by atoms with van der Waals surface area (Å²) >= 11 is 1.55. The Morgan fingerprint density at radius 1 is 1.01 bits per heavy atom. The number of hydrogen-bond donors (Lipinski definition) is 6. The number of β-amino-alcohol motifs (C(OH)–C–C–N with tert-alkyl or cyclic N) is 1. The second-order valence-electron chi connectivity index (χ2n) is 19.1. The van der Waals surface area contributed by atoms with E-state index in [1.165, 1.54) is 48.4 Å². The number of anilines is 3. The van der Waals surface area contributed by atoms with E-state index in [4.69, 9.17) is 9.47 Å². The third-order valence-electron chi connectivity index (χ3n) is 12.4. The summed E-state index contributed by atoms with van der Waals surface area (Å²) in [6.45, 7) is 10.8. The minimum absolute atomic E-state index is 0.00204. The van der Waals surface area contributed by atoms with Gasteiger partial charge >= 0.3 is 5.97 Å². The average Bonchev–Trinajstić information content (AvgIpc) is 4.13. The lowest BCUT2D eigenvalue weighted by atomic mass is 9.85. The highest BCUT2D eigenvalue weighted by atomic mass is 32.2. The molecule has 394 valence electrons. The topological polar surface area (TPSA) is 271 Å². The van der Waals surface area contributed by atoms with E-state index in [2.05, 4.69) is 46.9 Å². The molecule has 3 aromatic heterocycles. The van der Waals surface area contributed by atoms with Crippen molar-refractivity contribution in [3.8, 4) is 33.5 Å². The van der Waals surface area contributed by atoms with E-state index < -0.39 is 69.2 Å². The Morgan fingerprint density at radius 2 is 1.75 bits per heavy atom. The molecule has 2 unspecified atom stereocenters. The van der Waals surface area contributed by atoms with Gasteiger partial charge in [-0.1, -0.05) is 63.2 Å². The van der Waals surface area contributed by atoms with Gasteiger partial charge in [0.25, 0.3) is 0 Å². The van der Waals surface area contributed by atoms with Crippen LogP contribution in [0.25, 0.3) is 21.7 Å². The minimum Gasteiger partial charge on any atom is -0.484 e. The number of pyridine rings is 1. The van der Waals surface area contributed by atoms with Crippen LogP contribution in [0.15, 0.2) is 90.6 Å². The highest BCUT2D eigenvalue weighted by molar-refractivity contribution is 7.92. The number of aromatic nitrogens is 4. The normalized spacial score (nSPS) is 15.3. The van der Waals surface area contributed by atoms with E-state index in [0.29, 0.717) is 24.0 Å². The molecule has 1 aliphatic heterocycles. The van der Waals surface area contributed by atoms with Gasteiger partial charge in [-0.15, -0.1) is 11.3 Å². The van der Waals surface area contributed by atoms with Gasteiger partial charge in [0.15, 0.2) is 0 Å². The van der Waals surface area contributed by atoms with Crippen molar-refractivity contribution in [2.45, 2.75) is 98.1 Å². The SMILES string of the molecule is CCS(=O)(=O)Nc1ccc(-c2n[nH]c(Nc3ccc(C(=O)OCCCCC(=O)NC(C(=O)N4C[C@H](O)C[C@H]4C(=O)NCc4ccc(-c5scnc5C)cc4)C(C)(C)C)cn3)c2C#N)cc1OC(C)c1ccc(F)cc1. The number of sulfonamides is 1. The predicted molar refractivity (Wildman–Crippen MR) is 281 cm³/mol. The summed E-state index contributed by atoms with van der Waals surface area (Å²) in [5.74, 6) is -1.94. The summed E-state index contributed by atoms with van der Waals surface area (Å²) in [7, 11) is -3.70. The van der Waals surface area contributed by atoms with Gasteiger partial charge in [-0.25, -0.2) is 27.6 Å². The monoisotopic (exact) mass is 1060 g/mol. The number of benzene rings is 3. The molecule has 6 aromatic rings. The molecule has 0 spiro atoms. The molecule has 4 atom stereocenters. The first-order valence-electron chi connectivity index (χ1n) is 24.2. The number of esters is 1. The maximum atomic E-state index is 14.1. The average molecular weight is 1060 g/mol. The molecule has 0 aliphatic carbocycles. The van der Waals surface area contributed by atoms with Crippen LogP contribution in [-0.4, -0.2) is 99.4 Å². The number of carbonyl (C=O) groups excluding carboxylic acids is 4. The molecule has 0 bridgehead atoms. The Balaban J connectivity index is 0.887. The van der Waals surface area contributed by atoms with Crippen LogP contribution in [0.5, 0.6) is 5.75 Å². The number of likely N-dealkylation sites (tertiary alicyclic amines) is 1. The summed E-state index contributed by atoms with van der Waals surface area (Å²) in [5, 5.41) is 36.7. The maximum absolute atomic E-state index is 14.1. The van der Waals surface area contributed by atoms with Crippen LogP contribution in [0.2, 0.25) is 0 Å². The summed E-state index contributed by atoms with van der Waals surface area (Å²) < 4.78 is 52.8. The number of carbonyl (C=O) groups is 4. The number of aliphatic hydroxyl groups is 1. The first-order chi connectivity index (χ1) is 35.7. The standard InChI is InChI=1S/C53H59FN10O9S2/c1-7-75(70,71)63-41-21-17-36(24-43(41)73-32(3)34-15-19-38(54)20-16-34)46-40(26-55)49(62-61-46)59-44-22-18-37(28-56-44)52(69)72-23-9-8-10-45(66)60-48(53(4,5)6)51(68)64-29-39(65)25-42(64)50(67)57-27-33-11-13-35(14-12-33)47-31(2)58-30-74-47/h11-22,24,28,30,32,39,42,48,63,65H,7-10,23,25,27,29H2,1-6H3,(H,57,67)(H,60,66)(H2,56,59,61,62)/t32?,39-,42+,48?/m1/s1. The van der Waals surface area contributed by atoms with Crippen LogP contribution in [0, 0.1) is 29.5 Å². The first kappa shape index (κ1) is 55.0. The Labute approximate surface area is 438 Å². The van der Waals surface area contributed by atoms with Crippen LogP contribution in [0.1, 0.15) is 99.1 Å². The first-order valence-corrected chi connectivity index (χ1v) is 26.8. The summed E-state index contributed by atoms with van der Waals surface area (Å²) in [6, 6.07) is 21.3. The van der Waals surface area contributed by atoms with Crippen molar-refractivity contribution in [3.05, 3.63) is 124 Å². The van der Waals surface area contributed by atoms with Crippen molar-refractivity contribution in [2.75, 3.05) is 28.9 Å². The van der Waals surface area contributed by atoms with E-state index in [9.17, 15) is 42.4 Å². The summed E-state index contributed by atoms with van der Waals surface area (Å²) in [5.41, 5.74) is 5.57. The summed E-state index contributed by atoms with van der Waals surface area (Å²) in [6.07, 6.45) is 0.536. The number of H-pyrrole nitrogens is 1. The van der Waals surface area contributed by atoms with E-state index in [1.807, 2.05) is 52.0 Å². The number of aliphatic hydroxyl groups excluding tert-OH is 1. The Morgan fingerprint density at radius 3 is 2.40 bits per heavy atom. The number of nitriles is 1. The van der Waals surface area contributed by atoms with Gasteiger partial charge in [0, 0.05) is 37.7 Å². The molecular weight excluding hydrogens is 1000 g/mol. The smallest absolute Gasteiger partial charge is 0.339 e. The van der Waals surface area contributed by atoms with Gasteiger partial charge in [0.05, 0.1) is 45.8 Å². The molecule has 19 nitrogen and oxygen atoms in total. The van der Waals surface area contributed by atoms with Gasteiger partial charge in [-0.3, -0.25) is 24.2 Å². The van der Waals surface area contributed by atoms with Gasteiger partial charge in [0.1, 0.15) is 58.7 Å². The highest BCUT2D eigenvalue weighted by Gasteiger charge is 2.44. The minimum atomic E-state index is -3.70. The third kappa shape index (κ3) is 14.1. The van der Waals surface area contributed by atoms with Gasteiger partial charge < -0.3 is 35.4 Å². The van der Waals surface area contributed by atoms with Crippen molar-refractivity contribution in [1.82, 2.24) is 35.7 Å². The fourth-order valence-electron chi connectivity index (χ4n) is 8.20. The van der Waals surface area contributed by atoms with Crippen molar-refractivity contribution >= 4 is 62.4 Å².